The number of carbonyl (C=O) groups excluding carboxylic acids is 1. The molecule has 23 heavy (non-hydrogen) atoms. The van der Waals surface area contributed by atoms with Crippen molar-refractivity contribution < 1.29 is 13.6 Å². The summed E-state index contributed by atoms with van der Waals surface area (Å²) < 4.78 is 26.3. The lowest BCUT2D eigenvalue weighted by Crippen LogP contribution is -2.14. The third-order valence-corrected chi connectivity index (χ3v) is 4.47. The molecule has 0 unspecified atom stereocenters. The molecule has 0 radical (unpaired) electrons. The second-order valence-corrected chi connectivity index (χ2v) is 6.86. The van der Waals surface area contributed by atoms with Gasteiger partial charge in [0.25, 0.3) is 5.76 Å². The first-order valence-corrected chi connectivity index (χ1v) is 8.69. The van der Waals surface area contributed by atoms with E-state index in [4.69, 9.17) is 0 Å². The number of alkyl halides is 2. The summed E-state index contributed by atoms with van der Waals surface area (Å²) in [4.78, 5) is 12.4. The summed E-state index contributed by atoms with van der Waals surface area (Å²) >= 11 is 1.77. The van der Waals surface area contributed by atoms with Gasteiger partial charge in [-0.3, -0.25) is 4.79 Å². The van der Waals surface area contributed by atoms with Crippen molar-refractivity contribution in [3.63, 3.8) is 0 Å². The fourth-order valence-electron chi connectivity index (χ4n) is 1.74. The SMILES string of the molecule is CC(C)n1cnnc1SCC(=O)Nc1ccc(SC(F)F)cc1. The highest BCUT2D eigenvalue weighted by Gasteiger charge is 2.11. The highest BCUT2D eigenvalue weighted by Crippen LogP contribution is 2.26. The number of thioether (sulfide) groups is 2. The van der Waals surface area contributed by atoms with Gasteiger partial charge in [-0.1, -0.05) is 23.5 Å². The van der Waals surface area contributed by atoms with Gasteiger partial charge >= 0.3 is 0 Å². The van der Waals surface area contributed by atoms with Crippen LogP contribution in [0, 0.1) is 0 Å². The molecule has 1 N–H and O–H groups in total. The minimum absolute atomic E-state index is 0.192. The van der Waals surface area contributed by atoms with Crippen LogP contribution in [0.5, 0.6) is 0 Å². The van der Waals surface area contributed by atoms with Crippen molar-refractivity contribution in [2.24, 2.45) is 0 Å². The highest BCUT2D eigenvalue weighted by atomic mass is 32.2. The quantitative estimate of drug-likeness (QED) is 0.761. The summed E-state index contributed by atoms with van der Waals surface area (Å²) in [5.41, 5.74) is 0.569. The molecule has 0 atom stereocenters. The van der Waals surface area contributed by atoms with Crippen LogP contribution in [0.1, 0.15) is 19.9 Å². The van der Waals surface area contributed by atoms with Gasteiger partial charge in [0, 0.05) is 16.6 Å². The highest BCUT2D eigenvalue weighted by molar-refractivity contribution is 8.00. The Bertz CT molecular complexity index is 646. The number of hydrogen-bond donors (Lipinski definition) is 1. The molecule has 2 aromatic rings. The molecule has 5 nitrogen and oxygen atoms in total. The fraction of sp³-hybridized carbons (Fsp3) is 0.357. The Morgan fingerprint density at radius 1 is 1.30 bits per heavy atom. The fourth-order valence-corrected chi connectivity index (χ4v) is 3.08. The van der Waals surface area contributed by atoms with E-state index in [0.717, 1.165) is 0 Å². The number of rotatable bonds is 7. The Morgan fingerprint density at radius 3 is 2.61 bits per heavy atom. The predicted molar refractivity (Wildman–Crippen MR) is 88.1 cm³/mol. The van der Waals surface area contributed by atoms with Gasteiger partial charge in [-0.25, -0.2) is 0 Å². The molecule has 2 rings (SSSR count). The lowest BCUT2D eigenvalue weighted by atomic mass is 10.3. The van der Waals surface area contributed by atoms with Crippen molar-refractivity contribution in [2.45, 2.75) is 35.7 Å². The van der Waals surface area contributed by atoms with E-state index in [2.05, 4.69) is 15.5 Å². The Kier molecular flexibility index (Phi) is 6.40. The lowest BCUT2D eigenvalue weighted by molar-refractivity contribution is -0.113. The molecule has 0 aliphatic heterocycles. The van der Waals surface area contributed by atoms with Gasteiger partial charge < -0.3 is 9.88 Å². The maximum absolute atomic E-state index is 12.2. The van der Waals surface area contributed by atoms with Gasteiger partial charge in [0.1, 0.15) is 6.33 Å². The predicted octanol–water partition coefficient (Wildman–Crippen LogP) is 3.90. The van der Waals surface area contributed by atoms with Crippen molar-refractivity contribution in [3.05, 3.63) is 30.6 Å². The summed E-state index contributed by atoms with van der Waals surface area (Å²) in [5.74, 6) is -2.45. The van der Waals surface area contributed by atoms with Crippen LogP contribution in [-0.4, -0.2) is 32.2 Å². The van der Waals surface area contributed by atoms with E-state index < -0.39 is 5.76 Å². The zero-order valence-electron chi connectivity index (χ0n) is 12.6. The maximum atomic E-state index is 12.2. The third kappa shape index (κ3) is 5.51. The zero-order valence-corrected chi connectivity index (χ0v) is 14.2. The number of amides is 1. The first-order valence-electron chi connectivity index (χ1n) is 6.82. The summed E-state index contributed by atoms with van der Waals surface area (Å²) in [6.45, 7) is 4.01. The molecule has 1 heterocycles. The molecule has 0 aliphatic carbocycles. The van der Waals surface area contributed by atoms with Crippen molar-refractivity contribution in [3.8, 4) is 0 Å². The van der Waals surface area contributed by atoms with E-state index in [-0.39, 0.29) is 17.7 Å². The first-order chi connectivity index (χ1) is 11.0. The minimum atomic E-state index is -2.45. The van der Waals surface area contributed by atoms with Crippen LogP contribution in [0.3, 0.4) is 0 Å². The number of benzene rings is 1. The van der Waals surface area contributed by atoms with Gasteiger partial charge in [0.05, 0.1) is 5.75 Å². The number of hydrogen-bond acceptors (Lipinski definition) is 5. The van der Waals surface area contributed by atoms with E-state index in [0.29, 0.717) is 27.5 Å². The van der Waals surface area contributed by atoms with Crippen LogP contribution >= 0.6 is 23.5 Å². The van der Waals surface area contributed by atoms with E-state index >= 15 is 0 Å². The van der Waals surface area contributed by atoms with E-state index in [1.807, 2.05) is 18.4 Å². The molecule has 0 fully saturated rings. The molecule has 124 valence electrons. The normalized spacial score (nSPS) is 11.2. The average molecular weight is 358 g/mol. The molecule has 1 amide bonds. The number of nitrogens with one attached hydrogen (secondary N) is 1. The van der Waals surface area contributed by atoms with Crippen molar-refractivity contribution in [1.29, 1.82) is 0 Å². The number of nitrogens with zero attached hydrogens (tertiary/aromatic N) is 3. The molecular weight excluding hydrogens is 342 g/mol. The first kappa shape index (κ1) is 17.7. The standard InChI is InChI=1S/C14H16F2N4OS2/c1-9(2)20-8-17-19-14(20)22-7-12(21)18-10-3-5-11(6-4-10)23-13(15)16/h3-6,8-9,13H,7H2,1-2H3,(H,18,21). The van der Waals surface area contributed by atoms with Crippen LogP contribution < -0.4 is 5.32 Å². The second kappa shape index (κ2) is 8.30. The number of aromatic nitrogens is 3. The van der Waals surface area contributed by atoms with Crippen molar-refractivity contribution in [2.75, 3.05) is 11.1 Å². The molecule has 0 spiro atoms. The molecule has 1 aromatic heterocycles. The monoisotopic (exact) mass is 358 g/mol. The largest absolute Gasteiger partial charge is 0.325 e. The smallest absolute Gasteiger partial charge is 0.288 e. The Hall–Kier alpha value is -1.61. The molecule has 0 bridgehead atoms. The van der Waals surface area contributed by atoms with Crippen molar-refractivity contribution in [1.82, 2.24) is 14.8 Å². The summed E-state index contributed by atoms with van der Waals surface area (Å²) in [7, 11) is 0. The number of anilines is 1. The number of halogens is 2. The van der Waals surface area contributed by atoms with E-state index in [9.17, 15) is 13.6 Å². The Balaban J connectivity index is 1.86. The van der Waals surface area contributed by atoms with Gasteiger partial charge in [0.15, 0.2) is 5.16 Å². The van der Waals surface area contributed by atoms with Gasteiger partial charge in [-0.05, 0) is 38.1 Å². The Labute approximate surface area is 141 Å². The van der Waals surface area contributed by atoms with Crippen LogP contribution in [0.15, 0.2) is 40.6 Å². The number of carbonyl (C=O) groups is 1. The molecule has 0 aliphatic rings. The molecule has 0 saturated carbocycles. The maximum Gasteiger partial charge on any atom is 0.288 e. The van der Waals surface area contributed by atoms with Crippen LogP contribution in [0.2, 0.25) is 0 Å². The van der Waals surface area contributed by atoms with Gasteiger partial charge in [-0.2, -0.15) is 8.78 Å². The van der Waals surface area contributed by atoms with Crippen molar-refractivity contribution >= 4 is 35.1 Å². The van der Waals surface area contributed by atoms with Gasteiger partial charge in [0.2, 0.25) is 5.91 Å². The lowest BCUT2D eigenvalue weighted by Gasteiger charge is -2.09. The third-order valence-electron chi connectivity index (χ3n) is 2.79. The molecule has 9 heteroatoms. The van der Waals surface area contributed by atoms with Crippen LogP contribution in [0.4, 0.5) is 14.5 Å². The molecule has 1 aromatic carbocycles. The summed E-state index contributed by atoms with van der Waals surface area (Å²) in [6.07, 6.45) is 1.63. The second-order valence-electron chi connectivity index (χ2n) is 4.85. The van der Waals surface area contributed by atoms with E-state index in [1.165, 1.54) is 11.8 Å². The zero-order chi connectivity index (χ0) is 16.8. The molecular formula is C14H16F2N4OS2. The van der Waals surface area contributed by atoms with E-state index in [1.54, 1.807) is 30.6 Å². The summed E-state index contributed by atoms with van der Waals surface area (Å²) in [6, 6.07) is 6.52. The Morgan fingerprint density at radius 2 is 2.00 bits per heavy atom. The topological polar surface area (TPSA) is 59.8 Å². The van der Waals surface area contributed by atoms with Crippen LogP contribution in [0.25, 0.3) is 0 Å². The molecule has 0 saturated heterocycles. The minimum Gasteiger partial charge on any atom is -0.325 e. The summed E-state index contributed by atoms with van der Waals surface area (Å²) in [5, 5.41) is 11.2. The van der Waals surface area contributed by atoms with Crippen LogP contribution in [-0.2, 0) is 4.79 Å². The van der Waals surface area contributed by atoms with Gasteiger partial charge in [-0.15, -0.1) is 10.2 Å². The average Bonchev–Trinajstić information content (AvgIpc) is 2.95.